The van der Waals surface area contributed by atoms with E-state index in [0.29, 0.717) is 0 Å². The van der Waals surface area contributed by atoms with Gasteiger partial charge in [0.2, 0.25) is 0 Å². The molecule has 2 heteroatoms. The molecule has 10 aromatic rings. The molecule has 0 saturated carbocycles. The zero-order valence-electron chi connectivity index (χ0n) is 31.1. The summed E-state index contributed by atoms with van der Waals surface area (Å²) in [5.74, 6) is 0. The van der Waals surface area contributed by atoms with Gasteiger partial charge in [-0.1, -0.05) is 170 Å². The lowest BCUT2D eigenvalue weighted by Crippen LogP contribution is -2.26. The molecule has 2 aliphatic carbocycles. The molecule has 0 N–H and O–H groups in total. The van der Waals surface area contributed by atoms with E-state index in [9.17, 15) is 0 Å². The summed E-state index contributed by atoms with van der Waals surface area (Å²) >= 11 is 1.87. The van der Waals surface area contributed by atoms with Gasteiger partial charge in [0.05, 0.1) is 11.1 Å². The van der Waals surface area contributed by atoms with Crippen LogP contribution in [0.2, 0.25) is 0 Å². The van der Waals surface area contributed by atoms with Crippen molar-refractivity contribution in [1.82, 2.24) is 0 Å². The SMILES string of the molecule is c1ccc(-c2ccc(N(c3ccc4c(c3)C3(c5ccccc5-c5ccccc53)c3ccccc3-4)c3cc4sc5ccccc5c4cc3-c3ccccc3)cc2)cc1. The number of hydrogen-bond donors (Lipinski definition) is 0. The molecule has 12 rings (SSSR count). The number of hydrogen-bond acceptors (Lipinski definition) is 2. The van der Waals surface area contributed by atoms with Crippen molar-refractivity contribution in [3.63, 3.8) is 0 Å². The summed E-state index contributed by atoms with van der Waals surface area (Å²) in [4.78, 5) is 2.50. The van der Waals surface area contributed by atoms with Crippen molar-refractivity contribution in [1.29, 1.82) is 0 Å². The number of benzene rings is 9. The Hall–Kier alpha value is -7.00. The van der Waals surface area contributed by atoms with Gasteiger partial charge in [-0.3, -0.25) is 0 Å². The van der Waals surface area contributed by atoms with Crippen molar-refractivity contribution in [2.24, 2.45) is 0 Å². The number of fused-ring (bicyclic) bond motifs is 13. The molecule has 1 heterocycles. The molecule has 0 fully saturated rings. The van der Waals surface area contributed by atoms with Crippen LogP contribution in [0.3, 0.4) is 0 Å². The van der Waals surface area contributed by atoms with Crippen LogP contribution in [0.15, 0.2) is 212 Å². The molecular formula is C55H35NS. The summed E-state index contributed by atoms with van der Waals surface area (Å²) in [6.07, 6.45) is 0. The first-order valence-electron chi connectivity index (χ1n) is 19.7. The van der Waals surface area contributed by atoms with Crippen molar-refractivity contribution in [2.45, 2.75) is 5.41 Å². The molecule has 1 spiro atoms. The first-order valence-corrected chi connectivity index (χ1v) is 20.5. The van der Waals surface area contributed by atoms with Crippen LogP contribution >= 0.6 is 11.3 Å². The smallest absolute Gasteiger partial charge is 0.0726 e. The lowest BCUT2D eigenvalue weighted by atomic mass is 9.70. The van der Waals surface area contributed by atoms with E-state index >= 15 is 0 Å². The van der Waals surface area contributed by atoms with Gasteiger partial charge >= 0.3 is 0 Å². The Morgan fingerprint density at radius 2 is 0.825 bits per heavy atom. The maximum Gasteiger partial charge on any atom is 0.0726 e. The summed E-state index contributed by atoms with van der Waals surface area (Å²) < 4.78 is 2.58. The monoisotopic (exact) mass is 741 g/mol. The molecule has 0 aliphatic heterocycles. The van der Waals surface area contributed by atoms with Gasteiger partial charge in [0.1, 0.15) is 0 Å². The van der Waals surface area contributed by atoms with Gasteiger partial charge in [-0.15, -0.1) is 11.3 Å². The minimum absolute atomic E-state index is 0.435. The number of nitrogens with zero attached hydrogens (tertiary/aromatic N) is 1. The predicted octanol–water partition coefficient (Wildman–Crippen LogP) is 15.2. The fraction of sp³-hybridized carbons (Fsp3) is 0.0182. The van der Waals surface area contributed by atoms with Crippen LogP contribution < -0.4 is 4.90 Å². The van der Waals surface area contributed by atoms with E-state index in [-0.39, 0.29) is 0 Å². The van der Waals surface area contributed by atoms with Crippen LogP contribution in [0, 0.1) is 0 Å². The van der Waals surface area contributed by atoms with E-state index in [1.54, 1.807) is 0 Å². The zero-order chi connectivity index (χ0) is 37.5. The summed E-state index contributed by atoms with van der Waals surface area (Å²) in [5, 5.41) is 2.59. The fourth-order valence-corrected chi connectivity index (χ4v) is 11.0. The quantitative estimate of drug-likeness (QED) is 0.170. The molecule has 57 heavy (non-hydrogen) atoms. The van der Waals surface area contributed by atoms with Crippen LogP contribution in [0.1, 0.15) is 22.3 Å². The molecule has 9 aromatic carbocycles. The van der Waals surface area contributed by atoms with E-state index in [1.165, 1.54) is 86.9 Å². The lowest BCUT2D eigenvalue weighted by molar-refractivity contribution is 0.793. The third-order valence-electron chi connectivity index (χ3n) is 12.3. The maximum absolute atomic E-state index is 2.50. The number of thiophene rings is 1. The van der Waals surface area contributed by atoms with E-state index in [1.807, 2.05) is 11.3 Å². The van der Waals surface area contributed by atoms with E-state index in [0.717, 1.165) is 17.1 Å². The van der Waals surface area contributed by atoms with E-state index in [2.05, 4.69) is 217 Å². The minimum Gasteiger partial charge on any atom is -0.310 e. The van der Waals surface area contributed by atoms with Crippen LogP contribution in [-0.4, -0.2) is 0 Å². The second kappa shape index (κ2) is 12.5. The zero-order valence-corrected chi connectivity index (χ0v) is 31.9. The Morgan fingerprint density at radius 3 is 1.47 bits per heavy atom. The lowest BCUT2D eigenvalue weighted by Gasteiger charge is -2.33. The fourth-order valence-electron chi connectivity index (χ4n) is 9.88. The van der Waals surface area contributed by atoms with Crippen molar-refractivity contribution in [3.05, 3.63) is 235 Å². The Labute approximate surface area is 336 Å². The second-order valence-corrected chi connectivity index (χ2v) is 16.3. The highest BCUT2D eigenvalue weighted by molar-refractivity contribution is 7.25. The average molecular weight is 742 g/mol. The van der Waals surface area contributed by atoms with Gasteiger partial charge in [-0.2, -0.15) is 0 Å². The topological polar surface area (TPSA) is 3.24 Å². The molecule has 0 saturated heterocycles. The van der Waals surface area contributed by atoms with Crippen LogP contribution in [0.5, 0.6) is 0 Å². The first kappa shape index (κ1) is 32.3. The Kier molecular flexibility index (Phi) is 7.08. The van der Waals surface area contributed by atoms with Gasteiger partial charge in [-0.05, 0) is 104 Å². The molecule has 0 atom stereocenters. The van der Waals surface area contributed by atoms with Crippen LogP contribution in [-0.2, 0) is 5.41 Å². The van der Waals surface area contributed by atoms with Crippen molar-refractivity contribution < 1.29 is 0 Å². The summed E-state index contributed by atoms with van der Waals surface area (Å²) in [7, 11) is 0. The molecule has 1 nitrogen and oxygen atoms in total. The molecule has 0 radical (unpaired) electrons. The van der Waals surface area contributed by atoms with Crippen LogP contribution in [0.4, 0.5) is 17.1 Å². The third kappa shape index (κ3) is 4.68. The summed E-state index contributed by atoms with van der Waals surface area (Å²) in [6.45, 7) is 0. The minimum atomic E-state index is -0.435. The second-order valence-electron chi connectivity index (χ2n) is 15.2. The predicted molar refractivity (Wildman–Crippen MR) is 241 cm³/mol. The summed E-state index contributed by atoms with van der Waals surface area (Å²) in [6, 6.07) is 78.8. The molecule has 0 unspecified atom stereocenters. The highest BCUT2D eigenvalue weighted by Crippen LogP contribution is 2.63. The molecule has 0 bridgehead atoms. The standard InChI is InChI=1S/C55H35NS/c1-3-15-36(16-4-1)37-27-29-39(30-28-37)56(52-35-54-47(45-22-10-14-26-53(45)57-54)34-46(52)38-17-5-2-6-18-38)40-31-32-44-43-21-9-13-25-50(43)55(51(44)33-40)48-23-11-7-19-41(48)42-20-8-12-24-49(42)55/h1-35H. The van der Waals surface area contributed by atoms with Gasteiger partial charge in [-0.25, -0.2) is 0 Å². The third-order valence-corrected chi connectivity index (χ3v) is 13.4. The normalized spacial score (nSPS) is 13.1. The van der Waals surface area contributed by atoms with E-state index < -0.39 is 5.41 Å². The van der Waals surface area contributed by atoms with Gasteiger partial charge in [0, 0.05) is 37.1 Å². The number of rotatable bonds is 5. The van der Waals surface area contributed by atoms with Crippen molar-refractivity contribution in [2.75, 3.05) is 4.90 Å². The molecule has 266 valence electrons. The summed E-state index contributed by atoms with van der Waals surface area (Å²) in [5.41, 5.74) is 18.4. The van der Waals surface area contributed by atoms with Crippen molar-refractivity contribution >= 4 is 48.6 Å². The van der Waals surface area contributed by atoms with Gasteiger partial charge in [0.15, 0.2) is 0 Å². The maximum atomic E-state index is 2.50. The molecule has 1 aromatic heterocycles. The Morgan fingerprint density at radius 1 is 0.316 bits per heavy atom. The largest absolute Gasteiger partial charge is 0.310 e. The van der Waals surface area contributed by atoms with Crippen molar-refractivity contribution in [3.8, 4) is 44.5 Å². The first-order chi connectivity index (χ1) is 28.3. The van der Waals surface area contributed by atoms with Gasteiger partial charge in [0.25, 0.3) is 0 Å². The van der Waals surface area contributed by atoms with Crippen LogP contribution in [0.25, 0.3) is 64.7 Å². The molecular weight excluding hydrogens is 707 g/mol. The van der Waals surface area contributed by atoms with Gasteiger partial charge < -0.3 is 4.90 Å². The highest BCUT2D eigenvalue weighted by atomic mass is 32.1. The molecule has 2 aliphatic rings. The number of anilines is 3. The van der Waals surface area contributed by atoms with E-state index in [4.69, 9.17) is 0 Å². The Balaban J connectivity index is 1.15. The Bertz CT molecular complexity index is 3110. The highest BCUT2D eigenvalue weighted by Gasteiger charge is 2.51. The average Bonchev–Trinajstić information content (AvgIpc) is 3.90. The molecule has 0 amide bonds.